The van der Waals surface area contributed by atoms with Crippen LogP contribution in [0, 0.1) is 13.8 Å². The molecular weight excluding hydrogens is 228 g/mol. The fraction of sp³-hybridized carbons (Fsp3) is 0.267. The summed E-state index contributed by atoms with van der Waals surface area (Å²) >= 11 is 0. The third kappa shape index (κ3) is 2.62. The number of hydrogen-bond donors (Lipinski definition) is 1. The highest BCUT2D eigenvalue weighted by Gasteiger charge is 2.12. The number of hydrogen-bond acceptors (Lipinski definition) is 3. The fourth-order valence-corrected chi connectivity index (χ4v) is 1.85. The van der Waals surface area contributed by atoms with E-state index in [0.717, 1.165) is 17.1 Å². The fourth-order valence-electron chi connectivity index (χ4n) is 1.85. The maximum absolute atomic E-state index is 11.9. The molecule has 1 N–H and O–H groups in total. The van der Waals surface area contributed by atoms with Crippen molar-refractivity contribution in [1.29, 1.82) is 0 Å². The van der Waals surface area contributed by atoms with Crippen molar-refractivity contribution in [3.63, 3.8) is 0 Å². The van der Waals surface area contributed by atoms with Crippen LogP contribution in [0.5, 0.6) is 5.75 Å². The van der Waals surface area contributed by atoms with Crippen LogP contribution in [0.2, 0.25) is 0 Å². The monoisotopic (exact) mass is 244 g/mol. The molecule has 0 aliphatic heterocycles. The summed E-state index contributed by atoms with van der Waals surface area (Å²) in [6.45, 7) is 3.89. The molecule has 1 aromatic carbocycles. The van der Waals surface area contributed by atoms with E-state index >= 15 is 0 Å². The number of rotatable bonds is 4. The number of Topliss-reactive ketones (excluding diaryl/α,β-unsaturated/α-hetero) is 1. The Labute approximate surface area is 106 Å². The molecule has 0 unspecified atom stereocenters. The van der Waals surface area contributed by atoms with Gasteiger partial charge in [0, 0.05) is 12.8 Å². The molecule has 0 atom stereocenters. The number of benzene rings is 1. The normalized spacial score (nSPS) is 10.6. The molecule has 0 amide bonds. The van der Waals surface area contributed by atoms with Crippen molar-refractivity contribution >= 4 is 5.78 Å². The van der Waals surface area contributed by atoms with E-state index in [-0.39, 0.29) is 11.5 Å². The molecule has 0 saturated carbocycles. The van der Waals surface area contributed by atoms with Gasteiger partial charge in [0.1, 0.15) is 17.3 Å². The molecule has 0 bridgehead atoms. The van der Waals surface area contributed by atoms with E-state index in [2.05, 4.69) is 0 Å². The Kier molecular flexibility index (Phi) is 3.51. The third-order valence-corrected chi connectivity index (χ3v) is 3.02. The maximum Gasteiger partial charge on any atom is 0.167 e. The zero-order valence-corrected chi connectivity index (χ0v) is 10.6. The van der Waals surface area contributed by atoms with E-state index in [9.17, 15) is 9.90 Å². The second kappa shape index (κ2) is 5.08. The average molecular weight is 244 g/mol. The van der Waals surface area contributed by atoms with Crippen molar-refractivity contribution in [2.24, 2.45) is 0 Å². The SMILES string of the molecule is Cc1cc(CCC(=O)c2ccccc2O)oc1C. The van der Waals surface area contributed by atoms with Crippen LogP contribution < -0.4 is 0 Å². The lowest BCUT2D eigenvalue weighted by molar-refractivity contribution is 0.0978. The van der Waals surface area contributed by atoms with Gasteiger partial charge >= 0.3 is 0 Å². The summed E-state index contributed by atoms with van der Waals surface area (Å²) in [7, 11) is 0. The largest absolute Gasteiger partial charge is 0.507 e. The highest BCUT2D eigenvalue weighted by molar-refractivity contribution is 5.98. The van der Waals surface area contributed by atoms with Crippen LogP contribution in [0.1, 0.15) is 33.9 Å². The highest BCUT2D eigenvalue weighted by atomic mass is 16.3. The maximum atomic E-state index is 11.9. The van der Waals surface area contributed by atoms with Crippen LogP contribution in [0.25, 0.3) is 0 Å². The Balaban J connectivity index is 2.03. The summed E-state index contributed by atoms with van der Waals surface area (Å²) in [5.74, 6) is 1.67. The molecule has 0 spiro atoms. The van der Waals surface area contributed by atoms with Crippen molar-refractivity contribution in [2.45, 2.75) is 26.7 Å². The van der Waals surface area contributed by atoms with Crippen LogP contribution in [-0.4, -0.2) is 10.9 Å². The van der Waals surface area contributed by atoms with E-state index in [1.54, 1.807) is 18.2 Å². The predicted octanol–water partition coefficient (Wildman–Crippen LogP) is 3.42. The van der Waals surface area contributed by atoms with Gasteiger partial charge in [0.15, 0.2) is 5.78 Å². The quantitative estimate of drug-likeness (QED) is 0.838. The number of aryl methyl sites for hydroxylation is 3. The molecule has 0 fully saturated rings. The second-order valence-corrected chi connectivity index (χ2v) is 4.39. The minimum absolute atomic E-state index is 0.0364. The van der Waals surface area contributed by atoms with Crippen molar-refractivity contribution < 1.29 is 14.3 Å². The lowest BCUT2D eigenvalue weighted by Gasteiger charge is -2.02. The van der Waals surface area contributed by atoms with Gasteiger partial charge in [-0.2, -0.15) is 0 Å². The second-order valence-electron chi connectivity index (χ2n) is 4.39. The van der Waals surface area contributed by atoms with Crippen molar-refractivity contribution in [3.8, 4) is 5.75 Å². The molecule has 1 aromatic heterocycles. The average Bonchev–Trinajstić information content (AvgIpc) is 2.66. The summed E-state index contributed by atoms with van der Waals surface area (Å²) < 4.78 is 5.52. The van der Waals surface area contributed by atoms with Gasteiger partial charge in [-0.15, -0.1) is 0 Å². The molecule has 0 saturated heterocycles. The number of furan rings is 1. The number of carbonyl (C=O) groups excluding carboxylic acids is 1. The Morgan fingerprint density at radius 1 is 1.28 bits per heavy atom. The van der Waals surface area contributed by atoms with Gasteiger partial charge in [0.2, 0.25) is 0 Å². The summed E-state index contributed by atoms with van der Waals surface area (Å²) in [4.78, 5) is 11.9. The van der Waals surface area contributed by atoms with E-state index in [1.807, 2.05) is 19.9 Å². The molecule has 18 heavy (non-hydrogen) atoms. The van der Waals surface area contributed by atoms with E-state index in [0.29, 0.717) is 18.4 Å². The predicted molar refractivity (Wildman–Crippen MR) is 68.9 cm³/mol. The van der Waals surface area contributed by atoms with E-state index in [4.69, 9.17) is 4.42 Å². The molecule has 2 aromatic rings. The number of phenols is 1. The summed E-state index contributed by atoms with van der Waals surface area (Å²) in [5.41, 5.74) is 1.47. The number of carbonyl (C=O) groups is 1. The van der Waals surface area contributed by atoms with Gasteiger partial charge in [0.05, 0.1) is 5.56 Å². The zero-order valence-electron chi connectivity index (χ0n) is 10.6. The molecule has 94 valence electrons. The molecular formula is C15H16O3. The molecule has 0 radical (unpaired) electrons. The van der Waals surface area contributed by atoms with Gasteiger partial charge < -0.3 is 9.52 Å². The minimum Gasteiger partial charge on any atom is -0.507 e. The topological polar surface area (TPSA) is 50.4 Å². The lowest BCUT2D eigenvalue weighted by atomic mass is 10.0. The zero-order chi connectivity index (χ0) is 13.1. The Morgan fingerprint density at radius 2 is 2.00 bits per heavy atom. The number of phenolic OH excluding ortho intramolecular Hbond substituents is 1. The van der Waals surface area contributed by atoms with Gasteiger partial charge in [-0.3, -0.25) is 4.79 Å². The summed E-state index contributed by atoms with van der Waals surface area (Å²) in [5, 5.41) is 9.58. The van der Waals surface area contributed by atoms with E-state index < -0.39 is 0 Å². The van der Waals surface area contributed by atoms with Crippen LogP contribution >= 0.6 is 0 Å². The standard InChI is InChI=1S/C15H16O3/c1-10-9-12(18-11(10)2)7-8-15(17)13-5-3-4-6-14(13)16/h3-6,9,16H,7-8H2,1-2H3. The van der Waals surface area contributed by atoms with Crippen LogP contribution in [0.15, 0.2) is 34.7 Å². The first-order chi connectivity index (χ1) is 8.58. The van der Waals surface area contributed by atoms with Crippen LogP contribution in [-0.2, 0) is 6.42 Å². The molecule has 3 nitrogen and oxygen atoms in total. The van der Waals surface area contributed by atoms with Crippen LogP contribution in [0.3, 0.4) is 0 Å². The summed E-state index contributed by atoms with van der Waals surface area (Å²) in [6, 6.07) is 8.55. The lowest BCUT2D eigenvalue weighted by Crippen LogP contribution is -2.01. The van der Waals surface area contributed by atoms with E-state index in [1.165, 1.54) is 6.07 Å². The van der Waals surface area contributed by atoms with Gasteiger partial charge in [-0.05, 0) is 37.6 Å². The first-order valence-electron chi connectivity index (χ1n) is 5.95. The first-order valence-corrected chi connectivity index (χ1v) is 5.95. The Morgan fingerprint density at radius 3 is 2.61 bits per heavy atom. The first kappa shape index (κ1) is 12.4. The van der Waals surface area contributed by atoms with Crippen LogP contribution in [0.4, 0.5) is 0 Å². The number of ketones is 1. The van der Waals surface area contributed by atoms with Gasteiger partial charge in [0.25, 0.3) is 0 Å². The summed E-state index contributed by atoms with van der Waals surface area (Å²) in [6.07, 6.45) is 0.895. The van der Waals surface area contributed by atoms with Crippen molar-refractivity contribution in [2.75, 3.05) is 0 Å². The minimum atomic E-state index is -0.0696. The molecule has 0 aliphatic rings. The van der Waals surface area contributed by atoms with Gasteiger partial charge in [-0.1, -0.05) is 12.1 Å². The smallest absolute Gasteiger partial charge is 0.167 e. The van der Waals surface area contributed by atoms with Crippen molar-refractivity contribution in [3.05, 3.63) is 53.0 Å². The highest BCUT2D eigenvalue weighted by Crippen LogP contribution is 2.20. The Bertz CT molecular complexity index is 547. The molecule has 3 heteroatoms. The molecule has 2 rings (SSSR count). The Hall–Kier alpha value is -2.03. The third-order valence-electron chi connectivity index (χ3n) is 3.02. The van der Waals surface area contributed by atoms with Gasteiger partial charge in [-0.25, -0.2) is 0 Å². The molecule has 0 aliphatic carbocycles. The van der Waals surface area contributed by atoms with Crippen molar-refractivity contribution in [1.82, 2.24) is 0 Å². The number of para-hydroxylation sites is 1. The molecule has 1 heterocycles. The number of aromatic hydroxyl groups is 1.